The Balaban J connectivity index is 1.49. The van der Waals surface area contributed by atoms with Gasteiger partial charge in [-0.25, -0.2) is 14.8 Å². The average Bonchev–Trinajstić information content (AvgIpc) is 3.35. The van der Waals surface area contributed by atoms with E-state index >= 15 is 0 Å². The minimum atomic E-state index is -0.129. The lowest BCUT2D eigenvalue weighted by molar-refractivity contribution is 0.134. The van der Waals surface area contributed by atoms with Crippen molar-refractivity contribution in [1.29, 1.82) is 0 Å². The van der Waals surface area contributed by atoms with Crippen LogP contribution in [0.3, 0.4) is 0 Å². The maximum atomic E-state index is 12.0. The molecule has 30 heavy (non-hydrogen) atoms. The van der Waals surface area contributed by atoms with Crippen LogP contribution in [0.15, 0.2) is 47.1 Å². The molecular weight excluding hydrogens is 382 g/mol. The van der Waals surface area contributed by atoms with Crippen molar-refractivity contribution in [3.05, 3.63) is 53.9 Å². The number of benzene rings is 1. The van der Waals surface area contributed by atoms with E-state index in [1.807, 2.05) is 51.1 Å². The molecule has 8 heteroatoms. The van der Waals surface area contributed by atoms with Crippen LogP contribution in [-0.4, -0.2) is 35.2 Å². The van der Waals surface area contributed by atoms with E-state index < -0.39 is 0 Å². The predicted octanol–water partition coefficient (Wildman–Crippen LogP) is 4.24. The summed E-state index contributed by atoms with van der Waals surface area (Å²) in [7, 11) is 0. The molecular formula is C22H25N5O3. The molecule has 0 spiro atoms. The Labute approximate surface area is 175 Å². The van der Waals surface area contributed by atoms with Gasteiger partial charge in [0.1, 0.15) is 5.82 Å². The molecule has 1 aliphatic rings. The van der Waals surface area contributed by atoms with Crippen molar-refractivity contribution in [1.82, 2.24) is 15.3 Å². The van der Waals surface area contributed by atoms with Crippen LogP contribution >= 0.6 is 0 Å². The van der Waals surface area contributed by atoms with Gasteiger partial charge >= 0.3 is 6.03 Å². The number of urea groups is 1. The number of pyridine rings is 1. The van der Waals surface area contributed by atoms with Gasteiger partial charge < -0.3 is 19.8 Å². The van der Waals surface area contributed by atoms with E-state index in [0.29, 0.717) is 37.4 Å². The topological polar surface area (TPSA) is 92.5 Å². The molecule has 0 saturated carbocycles. The number of oxazole rings is 1. The Morgan fingerprint density at radius 3 is 2.83 bits per heavy atom. The van der Waals surface area contributed by atoms with E-state index in [0.717, 1.165) is 22.4 Å². The van der Waals surface area contributed by atoms with Crippen molar-refractivity contribution in [3.8, 4) is 11.3 Å². The molecule has 0 radical (unpaired) electrons. The third kappa shape index (κ3) is 4.13. The van der Waals surface area contributed by atoms with Gasteiger partial charge in [-0.05, 0) is 50.1 Å². The molecule has 156 valence electrons. The monoisotopic (exact) mass is 407 g/mol. The van der Waals surface area contributed by atoms with E-state index in [2.05, 4.69) is 20.6 Å². The van der Waals surface area contributed by atoms with E-state index in [1.54, 1.807) is 17.3 Å². The quantitative estimate of drug-likeness (QED) is 0.608. The number of ether oxygens (including phenoxy) is 1. The normalized spacial score (nSPS) is 16.0. The van der Waals surface area contributed by atoms with Gasteiger partial charge in [0, 0.05) is 30.6 Å². The molecule has 1 atom stereocenters. The van der Waals surface area contributed by atoms with Crippen molar-refractivity contribution in [2.24, 2.45) is 0 Å². The molecule has 8 nitrogen and oxygen atoms in total. The number of aromatic nitrogens is 2. The third-order valence-corrected chi connectivity index (χ3v) is 5.01. The summed E-state index contributed by atoms with van der Waals surface area (Å²) in [5, 5.41) is 6.04. The van der Waals surface area contributed by atoms with Crippen molar-refractivity contribution in [2.75, 3.05) is 23.4 Å². The SMILES string of the molecule is CCOCc1ccc(C)c(Nc2ncc(-c3ccc(N4C(=O)NC[C@H]4C)nc3)o2)c1. The minimum absolute atomic E-state index is 0.0682. The first-order valence-electron chi connectivity index (χ1n) is 9.98. The smallest absolute Gasteiger partial charge is 0.323 e. The summed E-state index contributed by atoms with van der Waals surface area (Å²) < 4.78 is 11.4. The van der Waals surface area contributed by atoms with E-state index in [4.69, 9.17) is 9.15 Å². The van der Waals surface area contributed by atoms with Gasteiger partial charge in [0.05, 0.1) is 18.8 Å². The summed E-state index contributed by atoms with van der Waals surface area (Å²) in [6.07, 6.45) is 3.34. The number of carbonyl (C=O) groups is 1. The molecule has 1 saturated heterocycles. The van der Waals surface area contributed by atoms with Gasteiger partial charge in [-0.2, -0.15) is 0 Å². The molecule has 4 rings (SSSR count). The molecule has 0 aliphatic carbocycles. The van der Waals surface area contributed by atoms with Crippen LogP contribution in [0, 0.1) is 6.92 Å². The van der Waals surface area contributed by atoms with Crippen molar-refractivity contribution >= 4 is 23.6 Å². The maximum absolute atomic E-state index is 12.0. The molecule has 0 unspecified atom stereocenters. The van der Waals surface area contributed by atoms with Crippen molar-refractivity contribution < 1.29 is 13.9 Å². The van der Waals surface area contributed by atoms with Gasteiger partial charge in [0.15, 0.2) is 5.76 Å². The first-order valence-corrected chi connectivity index (χ1v) is 9.98. The molecule has 1 aromatic carbocycles. The van der Waals surface area contributed by atoms with Crippen LogP contribution in [0.4, 0.5) is 22.3 Å². The summed E-state index contributed by atoms with van der Waals surface area (Å²) in [4.78, 5) is 22.4. The molecule has 2 amide bonds. The Morgan fingerprint density at radius 1 is 1.27 bits per heavy atom. The Kier molecular flexibility index (Phi) is 5.67. The number of carbonyl (C=O) groups excluding carboxylic acids is 1. The number of nitrogens with one attached hydrogen (secondary N) is 2. The van der Waals surface area contributed by atoms with Gasteiger partial charge in [-0.3, -0.25) is 4.90 Å². The highest BCUT2D eigenvalue weighted by molar-refractivity contribution is 5.94. The number of hydrogen-bond acceptors (Lipinski definition) is 6. The van der Waals surface area contributed by atoms with E-state index in [1.165, 1.54) is 0 Å². The van der Waals surface area contributed by atoms with Crippen LogP contribution in [0.2, 0.25) is 0 Å². The fraction of sp³-hybridized carbons (Fsp3) is 0.318. The lowest BCUT2D eigenvalue weighted by Crippen LogP contribution is -2.32. The maximum Gasteiger partial charge on any atom is 0.323 e. The lowest BCUT2D eigenvalue weighted by Gasteiger charge is -2.18. The molecule has 3 aromatic rings. The van der Waals surface area contributed by atoms with E-state index in [9.17, 15) is 4.79 Å². The second-order valence-corrected chi connectivity index (χ2v) is 7.25. The fourth-order valence-electron chi connectivity index (χ4n) is 3.31. The number of anilines is 3. The Morgan fingerprint density at radius 2 is 2.13 bits per heavy atom. The number of rotatable bonds is 7. The third-order valence-electron chi connectivity index (χ3n) is 5.01. The summed E-state index contributed by atoms with van der Waals surface area (Å²) in [5.74, 6) is 1.21. The minimum Gasteiger partial charge on any atom is -0.423 e. The number of amides is 2. The second-order valence-electron chi connectivity index (χ2n) is 7.25. The summed E-state index contributed by atoms with van der Waals surface area (Å²) in [6, 6.07) is 10.2. The Bertz CT molecular complexity index is 1030. The van der Waals surface area contributed by atoms with Gasteiger partial charge in [0.2, 0.25) is 0 Å². The molecule has 2 aromatic heterocycles. The van der Waals surface area contributed by atoms with Gasteiger partial charge in [-0.1, -0.05) is 12.1 Å². The zero-order valence-electron chi connectivity index (χ0n) is 17.3. The van der Waals surface area contributed by atoms with Crippen LogP contribution in [0.5, 0.6) is 0 Å². The number of nitrogens with zero attached hydrogens (tertiary/aromatic N) is 3. The highest BCUT2D eigenvalue weighted by Gasteiger charge is 2.29. The summed E-state index contributed by atoms with van der Waals surface area (Å²) in [5.41, 5.74) is 3.87. The molecule has 1 fully saturated rings. The zero-order chi connectivity index (χ0) is 21.1. The van der Waals surface area contributed by atoms with Crippen LogP contribution in [0.1, 0.15) is 25.0 Å². The van der Waals surface area contributed by atoms with E-state index in [-0.39, 0.29) is 12.1 Å². The highest BCUT2D eigenvalue weighted by Crippen LogP contribution is 2.27. The predicted molar refractivity (Wildman–Crippen MR) is 115 cm³/mol. The largest absolute Gasteiger partial charge is 0.423 e. The lowest BCUT2D eigenvalue weighted by atomic mass is 10.1. The van der Waals surface area contributed by atoms with Gasteiger partial charge in [-0.15, -0.1) is 0 Å². The zero-order valence-corrected chi connectivity index (χ0v) is 17.3. The fourth-order valence-corrected chi connectivity index (χ4v) is 3.31. The molecule has 3 heterocycles. The van der Waals surface area contributed by atoms with Crippen LogP contribution in [0.25, 0.3) is 11.3 Å². The van der Waals surface area contributed by atoms with Crippen LogP contribution < -0.4 is 15.5 Å². The number of aryl methyl sites for hydroxylation is 1. The molecule has 2 N–H and O–H groups in total. The standard InChI is InChI=1S/C22H25N5O3/c1-4-29-13-16-6-5-14(2)18(9-16)26-21-24-12-19(30-21)17-7-8-20(23-11-17)27-15(3)10-25-22(27)28/h5-9,11-12,15H,4,10,13H2,1-3H3,(H,24,26)(H,25,28)/t15-/m1/s1. The summed E-state index contributed by atoms with van der Waals surface area (Å²) in [6.45, 7) is 7.83. The second kappa shape index (κ2) is 8.54. The first kappa shape index (κ1) is 19.9. The average molecular weight is 407 g/mol. The van der Waals surface area contributed by atoms with Gasteiger partial charge in [0.25, 0.3) is 6.01 Å². The summed E-state index contributed by atoms with van der Waals surface area (Å²) >= 11 is 0. The number of hydrogen-bond donors (Lipinski definition) is 2. The first-order chi connectivity index (χ1) is 14.5. The Hall–Kier alpha value is -3.39. The molecule has 0 bridgehead atoms. The highest BCUT2D eigenvalue weighted by atomic mass is 16.5. The van der Waals surface area contributed by atoms with Crippen molar-refractivity contribution in [2.45, 2.75) is 33.4 Å². The van der Waals surface area contributed by atoms with Crippen molar-refractivity contribution in [3.63, 3.8) is 0 Å². The molecule has 1 aliphatic heterocycles. The van der Waals surface area contributed by atoms with Crippen LogP contribution in [-0.2, 0) is 11.3 Å².